The molecule has 4 heterocycles. The fourth-order valence-electron chi connectivity index (χ4n) is 7.30. The number of hydrogen-bond acceptors (Lipinski definition) is 2. The maximum atomic E-state index is 5.10. The van der Waals surface area contributed by atoms with E-state index in [1.165, 1.54) is 43.6 Å². The van der Waals surface area contributed by atoms with Crippen LogP contribution in [0.5, 0.6) is 0 Å². The first kappa shape index (κ1) is 25.1. The molecule has 0 bridgehead atoms. The van der Waals surface area contributed by atoms with Gasteiger partial charge in [0.15, 0.2) is 0 Å². The second kappa shape index (κ2) is 9.62. The molecule has 0 aliphatic heterocycles. The smallest absolute Gasteiger partial charge is 0.0972 e. The zero-order chi connectivity index (χ0) is 30.2. The van der Waals surface area contributed by atoms with Crippen molar-refractivity contribution in [2.24, 2.45) is 0 Å². The van der Waals surface area contributed by atoms with Crippen LogP contribution in [0.2, 0.25) is 0 Å². The minimum absolute atomic E-state index is 0.930. The predicted octanol–water partition coefficient (Wildman–Crippen LogP) is 10.6. The maximum Gasteiger partial charge on any atom is 0.0972 e. The molecule has 46 heavy (non-hydrogen) atoms. The second-order valence-corrected chi connectivity index (χ2v) is 11.9. The van der Waals surface area contributed by atoms with Crippen LogP contribution in [0.4, 0.5) is 0 Å². The van der Waals surface area contributed by atoms with Crippen LogP contribution in [0.1, 0.15) is 0 Å². The highest BCUT2D eigenvalue weighted by molar-refractivity contribution is 6.26. The van der Waals surface area contributed by atoms with Gasteiger partial charge in [-0.3, -0.25) is 4.98 Å². The van der Waals surface area contributed by atoms with E-state index in [0.29, 0.717) is 0 Å². The van der Waals surface area contributed by atoms with E-state index >= 15 is 0 Å². The van der Waals surface area contributed by atoms with Crippen LogP contribution < -0.4 is 0 Å². The van der Waals surface area contributed by atoms with Crippen LogP contribution in [0.3, 0.4) is 0 Å². The van der Waals surface area contributed by atoms with Crippen molar-refractivity contribution in [3.05, 3.63) is 158 Å². The topological polar surface area (TPSA) is 35.6 Å². The Kier molecular flexibility index (Phi) is 5.25. The summed E-state index contributed by atoms with van der Waals surface area (Å²) in [5.41, 5.74) is 11.0. The van der Waals surface area contributed by atoms with Crippen LogP contribution in [0.15, 0.2) is 158 Å². The largest absolute Gasteiger partial charge is 0.309 e. The van der Waals surface area contributed by atoms with Gasteiger partial charge in [-0.25, -0.2) is 4.98 Å². The molecule has 0 fully saturated rings. The summed E-state index contributed by atoms with van der Waals surface area (Å²) in [4.78, 5) is 9.75. The van der Waals surface area contributed by atoms with E-state index in [1.54, 1.807) is 0 Å². The first-order valence-corrected chi connectivity index (χ1v) is 15.6. The lowest BCUT2D eigenvalue weighted by molar-refractivity contribution is 1.17. The van der Waals surface area contributed by atoms with E-state index in [2.05, 4.69) is 160 Å². The average molecular weight is 587 g/mol. The first-order chi connectivity index (χ1) is 22.8. The molecule has 0 atom stereocenters. The molecule has 6 aromatic carbocycles. The molecule has 10 rings (SSSR count). The van der Waals surface area contributed by atoms with Gasteiger partial charge in [0, 0.05) is 55.5 Å². The van der Waals surface area contributed by atoms with Crippen molar-refractivity contribution < 1.29 is 0 Å². The Labute approximate surface area is 264 Å². The van der Waals surface area contributed by atoms with Crippen LogP contribution in [0.25, 0.3) is 88.0 Å². The van der Waals surface area contributed by atoms with Crippen LogP contribution in [0, 0.1) is 0 Å². The van der Waals surface area contributed by atoms with Crippen molar-refractivity contribution in [3.63, 3.8) is 0 Å². The molecule has 0 saturated heterocycles. The normalized spacial score (nSPS) is 11.9. The number of benzene rings is 6. The van der Waals surface area contributed by atoms with Gasteiger partial charge in [0.05, 0.1) is 38.8 Å². The van der Waals surface area contributed by atoms with Gasteiger partial charge in [-0.05, 0) is 54.6 Å². The van der Waals surface area contributed by atoms with Gasteiger partial charge in [-0.15, -0.1) is 0 Å². The second-order valence-electron chi connectivity index (χ2n) is 11.9. The number of aromatic nitrogens is 4. The van der Waals surface area contributed by atoms with Crippen LogP contribution >= 0.6 is 0 Å². The van der Waals surface area contributed by atoms with Crippen molar-refractivity contribution >= 4 is 65.4 Å². The monoisotopic (exact) mass is 586 g/mol. The third kappa shape index (κ3) is 3.55. The van der Waals surface area contributed by atoms with E-state index in [1.807, 2.05) is 12.3 Å². The molecule has 0 spiro atoms. The van der Waals surface area contributed by atoms with E-state index in [4.69, 9.17) is 4.98 Å². The summed E-state index contributed by atoms with van der Waals surface area (Å²) in [7, 11) is 0. The summed E-state index contributed by atoms with van der Waals surface area (Å²) in [5.74, 6) is 0. The molecule has 0 amide bonds. The minimum Gasteiger partial charge on any atom is -0.309 e. The SMILES string of the molecule is c1ccc(-n2c3ccccc3c3c2ccc2c4ccccc4n(-c4ccc(-c5ccc6ccc7cccnc7c6n5)cc4)c23)cc1. The molecule has 4 aromatic heterocycles. The molecule has 0 aliphatic carbocycles. The summed E-state index contributed by atoms with van der Waals surface area (Å²) >= 11 is 0. The molecular weight excluding hydrogens is 560 g/mol. The Balaban J connectivity index is 1.22. The lowest BCUT2D eigenvalue weighted by Crippen LogP contribution is -1.95. The van der Waals surface area contributed by atoms with Gasteiger partial charge in [0.1, 0.15) is 0 Å². The minimum atomic E-state index is 0.930. The number of fused-ring (bicyclic) bond motifs is 10. The summed E-state index contributed by atoms with van der Waals surface area (Å²) in [6.07, 6.45) is 1.84. The summed E-state index contributed by atoms with van der Waals surface area (Å²) in [6.45, 7) is 0. The maximum absolute atomic E-state index is 5.10. The molecule has 4 nitrogen and oxygen atoms in total. The number of rotatable bonds is 3. The molecule has 4 heteroatoms. The Morgan fingerprint density at radius 1 is 0.413 bits per heavy atom. The van der Waals surface area contributed by atoms with E-state index < -0.39 is 0 Å². The van der Waals surface area contributed by atoms with Gasteiger partial charge in [-0.1, -0.05) is 97.1 Å². The highest BCUT2D eigenvalue weighted by Gasteiger charge is 2.20. The van der Waals surface area contributed by atoms with Crippen LogP contribution in [-0.4, -0.2) is 19.1 Å². The molecule has 0 unspecified atom stereocenters. The van der Waals surface area contributed by atoms with E-state index in [0.717, 1.165) is 44.4 Å². The standard InChI is InChI=1S/C42H26N4/c1-2-10-30(11-3-1)45-37-15-7-5-13-34(37)39-38(45)25-23-33-32-12-4-6-14-36(32)46(42(33)39)31-21-18-27(19-22-31)35-24-20-29-17-16-28-9-8-26-43-40(28)41(29)44-35/h1-26H. The number of para-hydroxylation sites is 3. The zero-order valence-electron chi connectivity index (χ0n) is 24.8. The van der Waals surface area contributed by atoms with Crippen molar-refractivity contribution in [1.29, 1.82) is 0 Å². The molecule has 0 aliphatic rings. The number of nitrogens with zero attached hydrogens (tertiary/aromatic N) is 4. The number of pyridine rings is 2. The van der Waals surface area contributed by atoms with Gasteiger partial charge in [0.25, 0.3) is 0 Å². The van der Waals surface area contributed by atoms with Gasteiger partial charge >= 0.3 is 0 Å². The predicted molar refractivity (Wildman–Crippen MR) is 191 cm³/mol. The average Bonchev–Trinajstić information content (AvgIpc) is 3.65. The fraction of sp³-hybridized carbons (Fsp3) is 0. The Morgan fingerprint density at radius 2 is 1.09 bits per heavy atom. The molecule has 214 valence electrons. The van der Waals surface area contributed by atoms with Gasteiger partial charge in [-0.2, -0.15) is 0 Å². The molecule has 0 radical (unpaired) electrons. The third-order valence-electron chi connectivity index (χ3n) is 9.34. The zero-order valence-corrected chi connectivity index (χ0v) is 24.8. The Morgan fingerprint density at radius 3 is 1.91 bits per heavy atom. The molecule has 10 aromatic rings. The van der Waals surface area contributed by atoms with E-state index in [9.17, 15) is 0 Å². The van der Waals surface area contributed by atoms with Gasteiger partial charge in [0.2, 0.25) is 0 Å². The lowest BCUT2D eigenvalue weighted by atomic mass is 10.1. The summed E-state index contributed by atoms with van der Waals surface area (Å²) in [5, 5.41) is 7.19. The Bertz CT molecular complexity index is 2790. The lowest BCUT2D eigenvalue weighted by Gasteiger charge is -2.11. The van der Waals surface area contributed by atoms with Crippen molar-refractivity contribution in [1.82, 2.24) is 19.1 Å². The Hall–Kier alpha value is -6.26. The first-order valence-electron chi connectivity index (χ1n) is 15.6. The van der Waals surface area contributed by atoms with Crippen LogP contribution in [-0.2, 0) is 0 Å². The van der Waals surface area contributed by atoms with Crippen molar-refractivity contribution in [3.8, 4) is 22.6 Å². The molecule has 0 N–H and O–H groups in total. The quantitative estimate of drug-likeness (QED) is 0.193. The van der Waals surface area contributed by atoms with Crippen molar-refractivity contribution in [2.75, 3.05) is 0 Å². The van der Waals surface area contributed by atoms with Gasteiger partial charge < -0.3 is 9.13 Å². The van der Waals surface area contributed by atoms with E-state index in [-0.39, 0.29) is 0 Å². The summed E-state index contributed by atoms with van der Waals surface area (Å²) < 4.78 is 4.82. The summed E-state index contributed by atoms with van der Waals surface area (Å²) in [6, 6.07) is 54.1. The van der Waals surface area contributed by atoms with Crippen molar-refractivity contribution in [2.45, 2.75) is 0 Å². The fourth-order valence-corrected chi connectivity index (χ4v) is 7.30. The molecule has 0 saturated carbocycles. The number of hydrogen-bond donors (Lipinski definition) is 0. The molecular formula is C42H26N4. The highest BCUT2D eigenvalue weighted by atomic mass is 15.0. The third-order valence-corrected chi connectivity index (χ3v) is 9.34. The highest BCUT2D eigenvalue weighted by Crippen LogP contribution is 2.42.